The van der Waals surface area contributed by atoms with Gasteiger partial charge in [0.25, 0.3) is 5.91 Å². The van der Waals surface area contributed by atoms with Crippen LogP contribution in [-0.4, -0.2) is 41.7 Å². The second-order valence-corrected chi connectivity index (χ2v) is 5.59. The van der Waals surface area contributed by atoms with E-state index in [1.165, 1.54) is 5.56 Å². The zero-order valence-corrected chi connectivity index (χ0v) is 11.2. The van der Waals surface area contributed by atoms with Crippen LogP contribution in [0.15, 0.2) is 18.2 Å². The van der Waals surface area contributed by atoms with Crippen LogP contribution < -0.4 is 5.32 Å². The van der Waals surface area contributed by atoms with E-state index in [-0.39, 0.29) is 17.9 Å². The summed E-state index contributed by atoms with van der Waals surface area (Å²) in [6.07, 6.45) is 1.56. The van der Waals surface area contributed by atoms with Gasteiger partial charge in [-0.15, -0.1) is 0 Å². The molecule has 1 aromatic carbocycles. The summed E-state index contributed by atoms with van der Waals surface area (Å²) < 4.78 is 0. The molecule has 1 saturated heterocycles. The van der Waals surface area contributed by atoms with Gasteiger partial charge < -0.3 is 15.3 Å². The number of carbonyl (C=O) groups excluding carboxylic acids is 1. The molecule has 102 valence electrons. The summed E-state index contributed by atoms with van der Waals surface area (Å²) in [6, 6.07) is 5.90. The molecule has 2 unspecified atom stereocenters. The molecule has 0 radical (unpaired) electrons. The highest BCUT2D eigenvalue weighted by Crippen LogP contribution is 2.26. The lowest BCUT2D eigenvalue weighted by Crippen LogP contribution is -2.30. The highest BCUT2D eigenvalue weighted by molar-refractivity contribution is 5.95. The monoisotopic (exact) mass is 260 g/mol. The van der Waals surface area contributed by atoms with E-state index in [1.54, 1.807) is 6.92 Å². The fourth-order valence-corrected chi connectivity index (χ4v) is 2.99. The summed E-state index contributed by atoms with van der Waals surface area (Å²) in [5, 5.41) is 12.9. The van der Waals surface area contributed by atoms with E-state index in [4.69, 9.17) is 0 Å². The predicted molar refractivity (Wildman–Crippen MR) is 74.3 cm³/mol. The SMILES string of the molecule is CC(O)C1CCN(C(=O)c2ccc3c(c2)CCN3)C1. The number of hydrogen-bond donors (Lipinski definition) is 2. The Hall–Kier alpha value is -1.55. The van der Waals surface area contributed by atoms with Gasteiger partial charge in [-0.05, 0) is 43.5 Å². The third-order valence-electron chi connectivity index (χ3n) is 4.26. The molecular formula is C15H20N2O2. The van der Waals surface area contributed by atoms with Gasteiger partial charge in [0.15, 0.2) is 0 Å². The van der Waals surface area contributed by atoms with Crippen LogP contribution in [0.5, 0.6) is 0 Å². The van der Waals surface area contributed by atoms with Crippen molar-refractivity contribution in [2.45, 2.75) is 25.9 Å². The van der Waals surface area contributed by atoms with E-state index < -0.39 is 0 Å². The quantitative estimate of drug-likeness (QED) is 0.847. The van der Waals surface area contributed by atoms with E-state index in [2.05, 4.69) is 5.32 Å². The minimum atomic E-state index is -0.331. The highest BCUT2D eigenvalue weighted by atomic mass is 16.3. The molecular weight excluding hydrogens is 240 g/mol. The van der Waals surface area contributed by atoms with Crippen LogP contribution in [0.2, 0.25) is 0 Å². The standard InChI is InChI=1S/C15H20N2O2/c1-10(18)13-5-7-17(9-13)15(19)12-2-3-14-11(8-12)4-6-16-14/h2-3,8,10,13,16,18H,4-7,9H2,1H3. The third kappa shape index (κ3) is 2.32. The first-order valence-corrected chi connectivity index (χ1v) is 6.99. The number of fused-ring (bicyclic) bond motifs is 1. The Morgan fingerprint density at radius 3 is 3.11 bits per heavy atom. The number of benzene rings is 1. The Balaban J connectivity index is 1.74. The lowest BCUT2D eigenvalue weighted by molar-refractivity contribution is 0.0762. The van der Waals surface area contributed by atoms with E-state index >= 15 is 0 Å². The summed E-state index contributed by atoms with van der Waals surface area (Å²) in [4.78, 5) is 14.3. The van der Waals surface area contributed by atoms with Crippen molar-refractivity contribution in [1.29, 1.82) is 0 Å². The number of anilines is 1. The summed E-state index contributed by atoms with van der Waals surface area (Å²) in [7, 11) is 0. The van der Waals surface area contributed by atoms with Gasteiger partial charge in [-0.25, -0.2) is 0 Å². The molecule has 2 atom stereocenters. The molecule has 2 heterocycles. The number of aliphatic hydroxyl groups excluding tert-OH is 1. The average Bonchev–Trinajstić information content (AvgIpc) is 3.06. The normalized spacial score (nSPS) is 23.1. The molecule has 19 heavy (non-hydrogen) atoms. The third-order valence-corrected chi connectivity index (χ3v) is 4.26. The van der Waals surface area contributed by atoms with Crippen molar-refractivity contribution < 1.29 is 9.90 Å². The molecule has 0 saturated carbocycles. The van der Waals surface area contributed by atoms with Gasteiger partial charge in [0.2, 0.25) is 0 Å². The van der Waals surface area contributed by atoms with Crippen molar-refractivity contribution in [3.8, 4) is 0 Å². The molecule has 1 fully saturated rings. The maximum Gasteiger partial charge on any atom is 0.253 e. The van der Waals surface area contributed by atoms with Gasteiger partial charge in [-0.3, -0.25) is 4.79 Å². The first kappa shape index (κ1) is 12.5. The maximum absolute atomic E-state index is 12.4. The first-order valence-electron chi connectivity index (χ1n) is 6.99. The number of amides is 1. The smallest absolute Gasteiger partial charge is 0.253 e. The van der Waals surface area contributed by atoms with Crippen molar-refractivity contribution in [2.24, 2.45) is 5.92 Å². The molecule has 1 amide bonds. The van der Waals surface area contributed by atoms with Gasteiger partial charge in [-0.2, -0.15) is 0 Å². The zero-order chi connectivity index (χ0) is 13.4. The van der Waals surface area contributed by atoms with Crippen LogP contribution in [-0.2, 0) is 6.42 Å². The molecule has 4 nitrogen and oxygen atoms in total. The summed E-state index contributed by atoms with van der Waals surface area (Å²) in [5.41, 5.74) is 3.16. The fraction of sp³-hybridized carbons (Fsp3) is 0.533. The number of aliphatic hydroxyl groups is 1. The van der Waals surface area contributed by atoms with E-state index in [0.29, 0.717) is 6.54 Å². The van der Waals surface area contributed by atoms with E-state index in [1.807, 2.05) is 23.1 Å². The first-order chi connectivity index (χ1) is 9.15. The van der Waals surface area contributed by atoms with E-state index in [0.717, 1.165) is 37.2 Å². The molecule has 2 aliphatic heterocycles. The number of nitrogens with one attached hydrogen (secondary N) is 1. The van der Waals surface area contributed by atoms with Gasteiger partial charge in [-0.1, -0.05) is 0 Å². The van der Waals surface area contributed by atoms with Crippen molar-refractivity contribution >= 4 is 11.6 Å². The Kier molecular flexibility index (Phi) is 3.19. The molecule has 2 aliphatic rings. The van der Waals surface area contributed by atoms with Crippen LogP contribution in [0.25, 0.3) is 0 Å². The number of hydrogen-bond acceptors (Lipinski definition) is 3. The second-order valence-electron chi connectivity index (χ2n) is 5.59. The van der Waals surface area contributed by atoms with Crippen LogP contribution in [0.3, 0.4) is 0 Å². The lowest BCUT2D eigenvalue weighted by atomic mass is 10.0. The minimum Gasteiger partial charge on any atom is -0.393 e. The highest BCUT2D eigenvalue weighted by Gasteiger charge is 2.29. The van der Waals surface area contributed by atoms with Gasteiger partial charge >= 0.3 is 0 Å². The van der Waals surface area contributed by atoms with Crippen LogP contribution >= 0.6 is 0 Å². The van der Waals surface area contributed by atoms with Crippen molar-refractivity contribution in [3.63, 3.8) is 0 Å². The minimum absolute atomic E-state index is 0.0952. The number of likely N-dealkylation sites (tertiary alicyclic amines) is 1. The summed E-state index contributed by atoms with van der Waals surface area (Å²) >= 11 is 0. The van der Waals surface area contributed by atoms with Crippen LogP contribution in [0.1, 0.15) is 29.3 Å². The lowest BCUT2D eigenvalue weighted by Gasteiger charge is -2.18. The van der Waals surface area contributed by atoms with Gasteiger partial charge in [0.1, 0.15) is 0 Å². The molecule has 3 rings (SSSR count). The van der Waals surface area contributed by atoms with E-state index in [9.17, 15) is 9.90 Å². The Labute approximate surface area is 113 Å². The van der Waals surface area contributed by atoms with Crippen molar-refractivity contribution in [1.82, 2.24) is 4.90 Å². The number of rotatable bonds is 2. The van der Waals surface area contributed by atoms with Crippen molar-refractivity contribution in [2.75, 3.05) is 25.0 Å². The molecule has 2 N–H and O–H groups in total. The molecule has 0 spiro atoms. The Bertz CT molecular complexity index is 499. The largest absolute Gasteiger partial charge is 0.393 e. The molecule has 1 aromatic rings. The van der Waals surface area contributed by atoms with Crippen LogP contribution in [0.4, 0.5) is 5.69 Å². The Morgan fingerprint density at radius 2 is 2.37 bits per heavy atom. The summed E-state index contributed by atoms with van der Waals surface area (Å²) in [5.74, 6) is 0.317. The summed E-state index contributed by atoms with van der Waals surface area (Å²) in [6.45, 7) is 4.19. The predicted octanol–water partition coefficient (Wildman–Crippen LogP) is 1.50. The average molecular weight is 260 g/mol. The number of nitrogens with zero attached hydrogens (tertiary/aromatic N) is 1. The van der Waals surface area contributed by atoms with Gasteiger partial charge in [0, 0.05) is 36.8 Å². The van der Waals surface area contributed by atoms with Crippen molar-refractivity contribution in [3.05, 3.63) is 29.3 Å². The van der Waals surface area contributed by atoms with Gasteiger partial charge in [0.05, 0.1) is 6.10 Å². The van der Waals surface area contributed by atoms with Crippen LogP contribution in [0, 0.1) is 5.92 Å². The molecule has 0 aliphatic carbocycles. The zero-order valence-electron chi connectivity index (χ0n) is 11.2. The topological polar surface area (TPSA) is 52.6 Å². The molecule has 0 aromatic heterocycles. The molecule has 0 bridgehead atoms. The second kappa shape index (κ2) is 4.85. The molecule has 4 heteroatoms. The fourth-order valence-electron chi connectivity index (χ4n) is 2.99. The maximum atomic E-state index is 12.4. The Morgan fingerprint density at radius 1 is 1.53 bits per heavy atom. The number of carbonyl (C=O) groups is 1.